The van der Waals surface area contributed by atoms with Gasteiger partial charge in [-0.3, -0.25) is 0 Å². The molecule has 0 aromatic heterocycles. The van der Waals surface area contributed by atoms with Crippen molar-refractivity contribution in [1.82, 2.24) is 5.32 Å². The molecule has 14 heavy (non-hydrogen) atoms. The van der Waals surface area contributed by atoms with Crippen molar-refractivity contribution in [3.8, 4) is 0 Å². The smallest absolute Gasteiger partial charge is 0.0465 e. The van der Waals surface area contributed by atoms with Crippen LogP contribution in [0.2, 0.25) is 10.0 Å². The summed E-state index contributed by atoms with van der Waals surface area (Å²) in [5.41, 5.74) is 1.02. The first kappa shape index (κ1) is 10.3. The maximum atomic E-state index is 6.05. The summed E-state index contributed by atoms with van der Waals surface area (Å²) >= 11 is 12.1. The second-order valence-electron chi connectivity index (χ2n) is 3.71. The van der Waals surface area contributed by atoms with E-state index < -0.39 is 0 Å². The molecule has 1 aromatic rings. The highest BCUT2D eigenvalue weighted by atomic mass is 35.5. The minimum absolute atomic E-state index is 0.669. The lowest BCUT2D eigenvalue weighted by atomic mass is 9.93. The highest BCUT2D eigenvalue weighted by Crippen LogP contribution is 2.25. The van der Waals surface area contributed by atoms with Crippen molar-refractivity contribution in [3.63, 3.8) is 0 Å². The third-order valence-electron chi connectivity index (χ3n) is 2.73. The van der Waals surface area contributed by atoms with Crippen LogP contribution in [0.3, 0.4) is 0 Å². The largest absolute Gasteiger partial charge is 0.310 e. The second kappa shape index (κ2) is 4.52. The fourth-order valence-electron chi connectivity index (χ4n) is 1.56. The quantitative estimate of drug-likeness (QED) is 0.835. The predicted octanol–water partition coefficient (Wildman–Crippen LogP) is 3.64. The lowest BCUT2D eigenvalue weighted by Crippen LogP contribution is -2.34. The molecule has 0 bridgehead atoms. The van der Waals surface area contributed by atoms with Crippen LogP contribution >= 0.6 is 23.2 Å². The zero-order valence-electron chi connectivity index (χ0n) is 7.89. The Hall–Kier alpha value is -0.240. The van der Waals surface area contributed by atoms with Crippen molar-refractivity contribution in [2.24, 2.45) is 0 Å². The van der Waals surface area contributed by atoms with E-state index in [0.717, 1.165) is 22.2 Å². The molecule has 1 nitrogen and oxygen atoms in total. The standard InChI is InChI=1S/C11H13Cl2N/c12-10-5-2-6-11(13)9(10)7-14-8-3-1-4-8/h2,5-6,8,14H,1,3-4,7H2. The normalized spacial score (nSPS) is 16.7. The van der Waals surface area contributed by atoms with Gasteiger partial charge < -0.3 is 5.32 Å². The number of rotatable bonds is 3. The van der Waals surface area contributed by atoms with E-state index in [1.807, 2.05) is 18.2 Å². The first-order chi connectivity index (χ1) is 6.77. The summed E-state index contributed by atoms with van der Waals surface area (Å²) in [6, 6.07) is 6.30. The Labute approximate surface area is 94.4 Å². The van der Waals surface area contributed by atoms with Crippen LogP contribution < -0.4 is 5.32 Å². The van der Waals surface area contributed by atoms with E-state index in [9.17, 15) is 0 Å². The minimum atomic E-state index is 0.669. The van der Waals surface area contributed by atoms with Gasteiger partial charge in [0.15, 0.2) is 0 Å². The van der Waals surface area contributed by atoms with Gasteiger partial charge >= 0.3 is 0 Å². The number of halogens is 2. The molecule has 0 radical (unpaired) electrons. The number of hydrogen-bond donors (Lipinski definition) is 1. The summed E-state index contributed by atoms with van der Waals surface area (Å²) in [6.45, 7) is 0.781. The number of benzene rings is 1. The first-order valence-electron chi connectivity index (χ1n) is 4.93. The summed E-state index contributed by atoms with van der Waals surface area (Å²) in [7, 11) is 0. The molecular weight excluding hydrogens is 217 g/mol. The van der Waals surface area contributed by atoms with E-state index >= 15 is 0 Å². The van der Waals surface area contributed by atoms with Gasteiger partial charge in [-0.1, -0.05) is 35.7 Å². The molecule has 2 rings (SSSR count). The van der Waals surface area contributed by atoms with Crippen LogP contribution in [0.25, 0.3) is 0 Å². The molecule has 0 saturated heterocycles. The van der Waals surface area contributed by atoms with Crippen LogP contribution in [-0.2, 0) is 6.54 Å². The highest BCUT2D eigenvalue weighted by Gasteiger charge is 2.17. The fraction of sp³-hybridized carbons (Fsp3) is 0.455. The average molecular weight is 230 g/mol. The lowest BCUT2D eigenvalue weighted by Gasteiger charge is -2.26. The predicted molar refractivity (Wildman–Crippen MR) is 60.9 cm³/mol. The molecule has 0 atom stereocenters. The first-order valence-corrected chi connectivity index (χ1v) is 5.69. The van der Waals surface area contributed by atoms with Gasteiger partial charge in [0, 0.05) is 28.2 Å². The average Bonchev–Trinajstić information content (AvgIpc) is 2.07. The van der Waals surface area contributed by atoms with Gasteiger partial charge in [-0.15, -0.1) is 0 Å². The third-order valence-corrected chi connectivity index (χ3v) is 3.44. The number of nitrogens with one attached hydrogen (secondary N) is 1. The Morgan fingerprint density at radius 2 is 1.86 bits per heavy atom. The molecule has 76 valence electrons. The Kier molecular flexibility index (Phi) is 3.32. The van der Waals surface area contributed by atoms with E-state index in [1.54, 1.807) is 0 Å². The fourth-order valence-corrected chi connectivity index (χ4v) is 2.09. The van der Waals surface area contributed by atoms with E-state index in [1.165, 1.54) is 19.3 Å². The van der Waals surface area contributed by atoms with Crippen LogP contribution in [0.15, 0.2) is 18.2 Å². The molecule has 1 aromatic carbocycles. The molecule has 0 aliphatic heterocycles. The van der Waals surface area contributed by atoms with Gasteiger partial charge in [-0.25, -0.2) is 0 Å². The van der Waals surface area contributed by atoms with Crippen LogP contribution in [0.5, 0.6) is 0 Å². The molecule has 1 aliphatic rings. The van der Waals surface area contributed by atoms with Gasteiger partial charge in [-0.05, 0) is 25.0 Å². The molecule has 0 unspecified atom stereocenters. The van der Waals surface area contributed by atoms with Crippen LogP contribution in [0, 0.1) is 0 Å². The molecule has 1 aliphatic carbocycles. The molecule has 3 heteroatoms. The summed E-state index contributed by atoms with van der Waals surface area (Å²) in [5.74, 6) is 0. The van der Waals surface area contributed by atoms with Gasteiger partial charge in [0.25, 0.3) is 0 Å². The summed E-state index contributed by atoms with van der Waals surface area (Å²) in [4.78, 5) is 0. The van der Waals surface area contributed by atoms with Gasteiger partial charge in [-0.2, -0.15) is 0 Å². The molecule has 0 heterocycles. The highest BCUT2D eigenvalue weighted by molar-refractivity contribution is 6.35. The van der Waals surface area contributed by atoms with E-state index in [2.05, 4.69) is 5.32 Å². The van der Waals surface area contributed by atoms with E-state index in [-0.39, 0.29) is 0 Å². The van der Waals surface area contributed by atoms with Crippen LogP contribution in [0.1, 0.15) is 24.8 Å². The summed E-state index contributed by atoms with van der Waals surface area (Å²) in [5, 5.41) is 4.96. The SMILES string of the molecule is Clc1cccc(Cl)c1CNC1CCC1. The minimum Gasteiger partial charge on any atom is -0.310 e. The maximum Gasteiger partial charge on any atom is 0.0465 e. The lowest BCUT2D eigenvalue weighted by molar-refractivity contribution is 0.338. The third kappa shape index (κ3) is 2.22. The summed E-state index contributed by atoms with van der Waals surface area (Å²) in [6.07, 6.45) is 3.90. The zero-order valence-corrected chi connectivity index (χ0v) is 9.41. The Morgan fingerprint density at radius 3 is 2.36 bits per heavy atom. The molecule has 0 amide bonds. The Balaban J connectivity index is 2.00. The van der Waals surface area contributed by atoms with Gasteiger partial charge in [0.2, 0.25) is 0 Å². The molecule has 1 fully saturated rings. The molecule has 0 spiro atoms. The molecule has 1 N–H and O–H groups in total. The van der Waals surface area contributed by atoms with Gasteiger partial charge in [0.05, 0.1) is 0 Å². The van der Waals surface area contributed by atoms with Crippen molar-refractivity contribution in [1.29, 1.82) is 0 Å². The molecule has 1 saturated carbocycles. The van der Waals surface area contributed by atoms with Crippen molar-refractivity contribution in [2.75, 3.05) is 0 Å². The molecular formula is C11H13Cl2N. The monoisotopic (exact) mass is 229 g/mol. The Bertz CT molecular complexity index is 301. The topological polar surface area (TPSA) is 12.0 Å². The van der Waals surface area contributed by atoms with Crippen molar-refractivity contribution >= 4 is 23.2 Å². The van der Waals surface area contributed by atoms with Gasteiger partial charge in [0.1, 0.15) is 0 Å². The van der Waals surface area contributed by atoms with Crippen LogP contribution in [-0.4, -0.2) is 6.04 Å². The summed E-state index contributed by atoms with van der Waals surface area (Å²) < 4.78 is 0. The van der Waals surface area contributed by atoms with Crippen molar-refractivity contribution < 1.29 is 0 Å². The van der Waals surface area contributed by atoms with Crippen molar-refractivity contribution in [2.45, 2.75) is 31.8 Å². The van der Waals surface area contributed by atoms with Crippen molar-refractivity contribution in [3.05, 3.63) is 33.8 Å². The maximum absolute atomic E-state index is 6.05. The zero-order chi connectivity index (χ0) is 9.97. The van der Waals surface area contributed by atoms with E-state index in [4.69, 9.17) is 23.2 Å². The number of hydrogen-bond acceptors (Lipinski definition) is 1. The van der Waals surface area contributed by atoms with E-state index in [0.29, 0.717) is 6.04 Å². The second-order valence-corrected chi connectivity index (χ2v) is 4.52. The van der Waals surface area contributed by atoms with Crippen LogP contribution in [0.4, 0.5) is 0 Å². The Morgan fingerprint density at radius 1 is 1.21 bits per heavy atom.